The second-order valence-corrected chi connectivity index (χ2v) is 11.8. The van der Waals surface area contributed by atoms with E-state index in [2.05, 4.69) is 10.6 Å². The molecule has 224 valence electrons. The van der Waals surface area contributed by atoms with Crippen LogP contribution in [0.4, 0.5) is 4.79 Å². The number of alkyl carbamates (subject to hydrolysis) is 1. The molecule has 1 aromatic carbocycles. The normalized spacial score (nSPS) is 23.4. The Morgan fingerprint density at radius 2 is 1.63 bits per heavy atom. The number of amides is 4. The van der Waals surface area contributed by atoms with E-state index in [1.54, 1.807) is 0 Å². The molecule has 1 saturated heterocycles. The highest BCUT2D eigenvalue weighted by molar-refractivity contribution is 6.04. The van der Waals surface area contributed by atoms with Crippen LogP contribution < -0.4 is 10.6 Å². The predicted molar refractivity (Wildman–Crippen MR) is 155 cm³/mol. The Labute approximate surface area is 243 Å². The molecule has 3 atom stereocenters. The van der Waals surface area contributed by atoms with Gasteiger partial charge in [0.2, 0.25) is 17.8 Å². The van der Waals surface area contributed by atoms with E-state index in [4.69, 9.17) is 10.1 Å². The predicted octanol–water partition coefficient (Wildman–Crippen LogP) is 4.19. The maximum atomic E-state index is 13.4. The Morgan fingerprint density at radius 3 is 2.37 bits per heavy atom. The third kappa shape index (κ3) is 8.53. The molecule has 2 saturated carbocycles. The van der Waals surface area contributed by atoms with Gasteiger partial charge in [-0.15, -0.1) is 0 Å². The number of hydrogen-bond donors (Lipinski definition) is 3. The van der Waals surface area contributed by atoms with Gasteiger partial charge in [0.1, 0.15) is 12.6 Å². The number of benzene rings is 1. The highest BCUT2D eigenvalue weighted by Gasteiger charge is 2.40. The van der Waals surface area contributed by atoms with Crippen molar-refractivity contribution < 1.29 is 23.9 Å². The molecule has 1 aromatic rings. The summed E-state index contributed by atoms with van der Waals surface area (Å²) in [5.41, 5.74) is 0.806. The first-order chi connectivity index (χ1) is 19.8. The zero-order valence-electron chi connectivity index (χ0n) is 24.2. The van der Waals surface area contributed by atoms with Crippen molar-refractivity contribution in [2.75, 3.05) is 20.1 Å². The summed E-state index contributed by atoms with van der Waals surface area (Å²) in [6.45, 7) is 1.02. The number of carbonyl (C=O) groups excluding carboxylic acids is 4. The van der Waals surface area contributed by atoms with Gasteiger partial charge in [0.15, 0.2) is 0 Å². The van der Waals surface area contributed by atoms with Crippen molar-refractivity contribution in [2.45, 2.75) is 89.7 Å². The number of rotatable bonds is 8. The van der Waals surface area contributed by atoms with Crippen LogP contribution in [0.2, 0.25) is 0 Å². The molecule has 3 N–H and O–H groups in total. The highest BCUT2D eigenvalue weighted by atomic mass is 16.5. The van der Waals surface area contributed by atoms with E-state index < -0.39 is 24.0 Å². The standard InChI is InChI=1S/C31H45N5O5/c1-35(20-18-22-11-4-2-5-12-22)28(38)25-16-9-8-15-24(25)27(37)33-26-17-10-19-36(29(26)39)30(32)34-31(40)41-21-23-13-6-3-7-14-23/h3,6-7,13-14,22,24-26H,2,4-5,8-12,15-21H2,1H3,(H,33,37)(H2,32,34,40)/t24-,25+,26+/m1/s1. The summed E-state index contributed by atoms with van der Waals surface area (Å²) in [7, 11) is 1.85. The molecular weight excluding hydrogens is 522 g/mol. The Kier molecular flexibility index (Phi) is 11.2. The van der Waals surface area contributed by atoms with Crippen LogP contribution in [0.1, 0.15) is 82.6 Å². The second-order valence-electron chi connectivity index (χ2n) is 11.8. The number of nitrogens with one attached hydrogen (secondary N) is 3. The van der Waals surface area contributed by atoms with Crippen molar-refractivity contribution in [3.05, 3.63) is 35.9 Å². The molecule has 4 amide bonds. The molecule has 1 heterocycles. The fraction of sp³-hybridized carbons (Fsp3) is 0.645. The Bertz CT molecular complexity index is 1070. The van der Waals surface area contributed by atoms with Crippen LogP contribution >= 0.6 is 0 Å². The minimum absolute atomic E-state index is 0.0252. The first kappa shape index (κ1) is 30.5. The number of hydrogen-bond acceptors (Lipinski definition) is 6. The number of nitrogens with zero attached hydrogens (tertiary/aromatic N) is 2. The van der Waals surface area contributed by atoms with Crippen LogP contribution in [0.15, 0.2) is 30.3 Å². The lowest BCUT2D eigenvalue weighted by Gasteiger charge is -2.36. The molecule has 2 aliphatic carbocycles. The SMILES string of the molecule is CN(CCC1CCCCC1)C(=O)[C@H]1CCCC[C@H]1C(=O)N[C@H]1CCCN(C(=N)NC(=O)OCc2ccccc2)C1=O. The van der Waals surface area contributed by atoms with E-state index in [0.717, 1.165) is 24.8 Å². The van der Waals surface area contributed by atoms with Crippen molar-refractivity contribution in [1.82, 2.24) is 20.4 Å². The van der Waals surface area contributed by atoms with Gasteiger partial charge in [-0.3, -0.25) is 30.0 Å². The molecule has 41 heavy (non-hydrogen) atoms. The number of likely N-dealkylation sites (tertiary alicyclic amines) is 1. The second kappa shape index (κ2) is 15.0. The maximum Gasteiger partial charge on any atom is 0.414 e. The monoisotopic (exact) mass is 567 g/mol. The molecule has 0 spiro atoms. The Morgan fingerprint density at radius 1 is 0.951 bits per heavy atom. The van der Waals surface area contributed by atoms with Gasteiger partial charge in [0.25, 0.3) is 5.91 Å². The first-order valence-electron chi connectivity index (χ1n) is 15.3. The molecule has 10 heteroatoms. The van der Waals surface area contributed by atoms with Crippen molar-refractivity contribution in [1.29, 1.82) is 5.41 Å². The summed E-state index contributed by atoms with van der Waals surface area (Å²) >= 11 is 0. The average Bonchev–Trinajstić information content (AvgIpc) is 3.00. The van der Waals surface area contributed by atoms with Gasteiger partial charge in [-0.1, -0.05) is 75.3 Å². The number of ether oxygens (including phenoxy) is 1. The quantitative estimate of drug-likeness (QED) is 0.320. The molecule has 3 aliphatic rings. The van der Waals surface area contributed by atoms with Gasteiger partial charge < -0.3 is 15.0 Å². The van der Waals surface area contributed by atoms with E-state index in [9.17, 15) is 19.2 Å². The lowest BCUT2D eigenvalue weighted by molar-refractivity contribution is -0.144. The zero-order chi connectivity index (χ0) is 29.2. The minimum Gasteiger partial charge on any atom is -0.444 e. The first-order valence-corrected chi connectivity index (χ1v) is 15.3. The summed E-state index contributed by atoms with van der Waals surface area (Å²) in [6.07, 6.45) is 10.6. The van der Waals surface area contributed by atoms with Gasteiger partial charge in [-0.05, 0) is 43.6 Å². The van der Waals surface area contributed by atoms with Gasteiger partial charge in [-0.2, -0.15) is 0 Å². The van der Waals surface area contributed by atoms with E-state index in [0.29, 0.717) is 38.1 Å². The third-order valence-corrected chi connectivity index (χ3v) is 8.85. The molecule has 0 unspecified atom stereocenters. The van der Waals surface area contributed by atoms with Gasteiger partial charge >= 0.3 is 6.09 Å². The zero-order valence-corrected chi connectivity index (χ0v) is 24.2. The molecular formula is C31H45N5O5. The van der Waals surface area contributed by atoms with E-state index >= 15 is 0 Å². The van der Waals surface area contributed by atoms with Crippen LogP contribution in [0.3, 0.4) is 0 Å². The van der Waals surface area contributed by atoms with Crippen molar-refractivity contribution >= 4 is 29.8 Å². The number of carbonyl (C=O) groups is 4. The van der Waals surface area contributed by atoms with Crippen LogP contribution in [0, 0.1) is 23.2 Å². The van der Waals surface area contributed by atoms with Crippen LogP contribution in [0.25, 0.3) is 0 Å². The third-order valence-electron chi connectivity index (χ3n) is 8.85. The fourth-order valence-corrected chi connectivity index (χ4v) is 6.42. The molecule has 0 bridgehead atoms. The van der Waals surface area contributed by atoms with Crippen LogP contribution in [-0.4, -0.2) is 65.8 Å². The molecule has 3 fully saturated rings. The summed E-state index contributed by atoms with van der Waals surface area (Å²) in [5, 5.41) is 13.5. The molecule has 0 aromatic heterocycles. The summed E-state index contributed by atoms with van der Waals surface area (Å²) in [6, 6.07) is 8.36. The summed E-state index contributed by atoms with van der Waals surface area (Å²) in [4.78, 5) is 55.3. The highest BCUT2D eigenvalue weighted by Crippen LogP contribution is 2.33. The van der Waals surface area contributed by atoms with E-state index in [1.807, 2.05) is 42.3 Å². The maximum absolute atomic E-state index is 13.4. The lowest BCUT2D eigenvalue weighted by atomic mass is 9.77. The van der Waals surface area contributed by atoms with E-state index in [-0.39, 0.29) is 36.8 Å². The number of piperidine rings is 1. The van der Waals surface area contributed by atoms with Gasteiger partial charge in [0, 0.05) is 32.0 Å². The molecule has 1 aliphatic heterocycles. The Hall–Kier alpha value is -3.43. The van der Waals surface area contributed by atoms with E-state index in [1.165, 1.54) is 37.0 Å². The minimum atomic E-state index is -0.825. The lowest BCUT2D eigenvalue weighted by Crippen LogP contribution is -2.58. The topological polar surface area (TPSA) is 132 Å². The van der Waals surface area contributed by atoms with Crippen LogP contribution in [0.5, 0.6) is 0 Å². The smallest absolute Gasteiger partial charge is 0.414 e. The van der Waals surface area contributed by atoms with Gasteiger partial charge in [-0.25, -0.2) is 4.79 Å². The largest absolute Gasteiger partial charge is 0.444 e. The van der Waals surface area contributed by atoms with Gasteiger partial charge in [0.05, 0.1) is 0 Å². The van der Waals surface area contributed by atoms with Crippen molar-refractivity contribution in [2.24, 2.45) is 17.8 Å². The van der Waals surface area contributed by atoms with Crippen LogP contribution in [-0.2, 0) is 25.7 Å². The summed E-state index contributed by atoms with van der Waals surface area (Å²) < 4.78 is 5.17. The van der Waals surface area contributed by atoms with Crippen molar-refractivity contribution in [3.8, 4) is 0 Å². The average molecular weight is 568 g/mol. The summed E-state index contributed by atoms with van der Waals surface area (Å²) in [5.74, 6) is -1.23. The molecule has 4 rings (SSSR count). The molecule has 10 nitrogen and oxygen atoms in total. The van der Waals surface area contributed by atoms with Crippen molar-refractivity contribution in [3.63, 3.8) is 0 Å². The fourth-order valence-electron chi connectivity index (χ4n) is 6.42. The molecule has 0 radical (unpaired) electrons. The number of guanidine groups is 1. The Balaban J connectivity index is 1.28.